The Kier molecular flexibility index (Phi) is 11.9. The second-order valence-corrected chi connectivity index (χ2v) is 12.2. The molecule has 2 saturated heterocycles. The maximum atomic E-state index is 13.6. The van der Waals surface area contributed by atoms with Crippen LogP contribution in [0.15, 0.2) is 12.4 Å². The number of anilines is 1. The molecule has 2 fully saturated rings. The number of aromatic amines is 2. The summed E-state index contributed by atoms with van der Waals surface area (Å²) in [6, 6.07) is -1.19. The Balaban J connectivity index is 1.38. The van der Waals surface area contributed by atoms with E-state index in [4.69, 9.17) is 4.74 Å². The van der Waals surface area contributed by atoms with Crippen LogP contribution in [0.3, 0.4) is 0 Å². The Bertz CT molecular complexity index is 1560. The van der Waals surface area contributed by atoms with E-state index in [0.29, 0.717) is 36.3 Å². The molecule has 14 nitrogen and oxygen atoms in total. The van der Waals surface area contributed by atoms with E-state index in [2.05, 4.69) is 59.0 Å². The summed E-state index contributed by atoms with van der Waals surface area (Å²) in [5.74, 6) is 13.1. The zero-order valence-electron chi connectivity index (χ0n) is 27.8. The number of methoxy groups -OCH3 is 2. The number of carbonyl (C=O) groups is 4. The Labute approximate surface area is 275 Å². The lowest BCUT2D eigenvalue weighted by molar-refractivity contribution is -0.136. The van der Waals surface area contributed by atoms with Crippen molar-refractivity contribution in [1.82, 2.24) is 35.1 Å². The highest BCUT2D eigenvalue weighted by molar-refractivity contribution is 5.86. The molecule has 2 aromatic heterocycles. The van der Waals surface area contributed by atoms with Crippen molar-refractivity contribution in [3.05, 3.63) is 29.7 Å². The molecule has 0 radical (unpaired) electrons. The molecule has 2 aliphatic rings. The molecule has 2 aromatic rings. The fraction of sp³-hybridized carbons (Fsp3) is 0.576. The number of alkyl carbamates (subject to hydrolysis) is 1. The van der Waals surface area contributed by atoms with Crippen molar-refractivity contribution in [3.63, 3.8) is 0 Å². The number of amides is 4. The van der Waals surface area contributed by atoms with E-state index in [-0.39, 0.29) is 42.2 Å². The van der Waals surface area contributed by atoms with Crippen molar-refractivity contribution in [2.75, 3.05) is 32.6 Å². The normalized spacial score (nSPS) is 18.6. The zero-order chi connectivity index (χ0) is 34.1. The minimum Gasteiger partial charge on any atom is -0.453 e. The van der Waals surface area contributed by atoms with E-state index >= 15 is 0 Å². The van der Waals surface area contributed by atoms with Gasteiger partial charge in [-0.2, -0.15) is 0 Å². The van der Waals surface area contributed by atoms with Crippen LogP contribution < -0.4 is 10.6 Å². The molecule has 2 unspecified atom stereocenters. The number of ether oxygens (including phenoxy) is 2. The quantitative estimate of drug-likeness (QED) is 0.313. The number of nitrogens with zero attached hydrogens (tertiary/aromatic N) is 4. The van der Waals surface area contributed by atoms with Crippen molar-refractivity contribution in [2.45, 2.75) is 77.9 Å². The highest BCUT2D eigenvalue weighted by Gasteiger charge is 2.38. The number of imidazole rings is 2. The first kappa shape index (κ1) is 34.9. The molecule has 252 valence electrons. The molecule has 0 aromatic carbocycles. The molecule has 47 heavy (non-hydrogen) atoms. The van der Waals surface area contributed by atoms with E-state index in [1.54, 1.807) is 11.1 Å². The number of hydrogen-bond donors (Lipinski definition) is 4. The molecule has 0 bridgehead atoms. The van der Waals surface area contributed by atoms with Gasteiger partial charge in [-0.05, 0) is 43.4 Å². The first-order valence-corrected chi connectivity index (χ1v) is 15.9. The van der Waals surface area contributed by atoms with Crippen molar-refractivity contribution < 1.29 is 28.7 Å². The number of likely N-dealkylation sites (tertiary alicyclic amines) is 2. The molecular weight excluding hydrogens is 604 g/mol. The molecule has 0 spiro atoms. The van der Waals surface area contributed by atoms with Gasteiger partial charge >= 0.3 is 12.2 Å². The lowest BCUT2D eigenvalue weighted by Crippen LogP contribution is -2.51. The zero-order valence-corrected chi connectivity index (χ0v) is 27.8. The van der Waals surface area contributed by atoms with Crippen LogP contribution in [0.25, 0.3) is 0 Å². The van der Waals surface area contributed by atoms with Gasteiger partial charge in [0.15, 0.2) is 0 Å². The lowest BCUT2D eigenvalue weighted by Gasteiger charge is -2.29. The van der Waals surface area contributed by atoms with Gasteiger partial charge in [0.25, 0.3) is 0 Å². The average molecular weight is 649 g/mol. The van der Waals surface area contributed by atoms with Crippen LogP contribution in [-0.4, -0.2) is 87.1 Å². The van der Waals surface area contributed by atoms with Crippen LogP contribution in [0.5, 0.6) is 0 Å². The Morgan fingerprint density at radius 2 is 1.49 bits per heavy atom. The molecule has 0 aliphatic carbocycles. The summed E-state index contributed by atoms with van der Waals surface area (Å²) in [6.07, 6.45) is 5.30. The Morgan fingerprint density at radius 1 is 0.872 bits per heavy atom. The first-order chi connectivity index (χ1) is 22.5. The molecule has 0 saturated carbocycles. The second kappa shape index (κ2) is 16.0. The smallest absolute Gasteiger partial charge is 0.412 e. The SMILES string of the molecule is COC(=O)Nc1cnc([C@@H]2CCCN2C(=O)[C@@H](C#CCC#Cc2cnc(C3CCCN3C(=O)C(NC(=O)OC)C(C)C)[nH]2)C(C)C)[nH]1. The molecule has 4 rings (SSSR count). The van der Waals surface area contributed by atoms with Crippen LogP contribution >= 0.6 is 0 Å². The Morgan fingerprint density at radius 3 is 2.11 bits per heavy atom. The van der Waals surface area contributed by atoms with Gasteiger partial charge in [0.05, 0.1) is 45.1 Å². The molecule has 4 N–H and O–H groups in total. The average Bonchev–Trinajstić information content (AvgIpc) is 3.87. The van der Waals surface area contributed by atoms with Gasteiger partial charge < -0.3 is 34.6 Å². The number of aromatic nitrogens is 4. The molecule has 14 heteroatoms. The number of hydrogen-bond acceptors (Lipinski definition) is 8. The van der Waals surface area contributed by atoms with Gasteiger partial charge in [-0.3, -0.25) is 14.9 Å². The topological polar surface area (TPSA) is 175 Å². The fourth-order valence-electron chi connectivity index (χ4n) is 5.84. The summed E-state index contributed by atoms with van der Waals surface area (Å²) in [7, 11) is 2.55. The van der Waals surface area contributed by atoms with Gasteiger partial charge in [-0.15, -0.1) is 0 Å². The van der Waals surface area contributed by atoms with Crippen molar-refractivity contribution in [1.29, 1.82) is 0 Å². The van der Waals surface area contributed by atoms with Gasteiger partial charge in [0.1, 0.15) is 35.1 Å². The van der Waals surface area contributed by atoms with Crippen molar-refractivity contribution in [2.24, 2.45) is 17.8 Å². The van der Waals surface area contributed by atoms with Crippen LogP contribution in [0.1, 0.15) is 89.2 Å². The maximum Gasteiger partial charge on any atom is 0.412 e. The highest BCUT2D eigenvalue weighted by atomic mass is 16.5. The summed E-state index contributed by atoms with van der Waals surface area (Å²) in [5.41, 5.74) is 0.602. The molecule has 4 atom stereocenters. The third-order valence-electron chi connectivity index (χ3n) is 8.30. The third-order valence-corrected chi connectivity index (χ3v) is 8.30. The number of nitrogens with one attached hydrogen (secondary N) is 4. The largest absolute Gasteiger partial charge is 0.453 e. The third kappa shape index (κ3) is 8.64. The summed E-state index contributed by atoms with van der Waals surface area (Å²) < 4.78 is 9.33. The van der Waals surface area contributed by atoms with Crippen LogP contribution in [0, 0.1) is 41.4 Å². The molecule has 4 amide bonds. The summed E-state index contributed by atoms with van der Waals surface area (Å²) in [6.45, 7) is 8.85. The summed E-state index contributed by atoms with van der Waals surface area (Å²) in [5, 5.41) is 5.21. The van der Waals surface area contributed by atoms with Crippen LogP contribution in [0.4, 0.5) is 15.4 Å². The fourth-order valence-corrected chi connectivity index (χ4v) is 5.84. The van der Waals surface area contributed by atoms with E-state index in [9.17, 15) is 19.2 Å². The van der Waals surface area contributed by atoms with Gasteiger partial charge in [-0.25, -0.2) is 19.6 Å². The lowest BCUT2D eigenvalue weighted by atomic mass is 9.94. The minimum atomic E-state index is -0.706. The number of rotatable bonds is 8. The number of H-pyrrole nitrogens is 2. The van der Waals surface area contributed by atoms with E-state index < -0.39 is 24.1 Å². The molecule has 2 aliphatic heterocycles. The van der Waals surface area contributed by atoms with E-state index in [1.165, 1.54) is 20.4 Å². The monoisotopic (exact) mass is 648 g/mol. The minimum absolute atomic E-state index is 0.0114. The first-order valence-electron chi connectivity index (χ1n) is 15.9. The van der Waals surface area contributed by atoms with Gasteiger partial charge in [-0.1, -0.05) is 45.5 Å². The predicted molar refractivity (Wildman–Crippen MR) is 172 cm³/mol. The predicted octanol–water partition coefficient (Wildman–Crippen LogP) is 3.74. The van der Waals surface area contributed by atoms with E-state index in [0.717, 1.165) is 25.7 Å². The van der Waals surface area contributed by atoms with Crippen LogP contribution in [-0.2, 0) is 19.1 Å². The van der Waals surface area contributed by atoms with Crippen LogP contribution in [0.2, 0.25) is 0 Å². The Hall–Kier alpha value is -4.98. The van der Waals surface area contributed by atoms with Gasteiger partial charge in [0.2, 0.25) is 11.8 Å². The standard InChI is InChI=1S/C33H44N8O6/c1-20(2)23(30(42)40-16-10-15-25(40)29-35-19-26(37-29)38-32(44)46-5)13-9-7-8-12-22-18-34-28(36-22)24-14-11-17-41(24)31(43)27(21(3)4)39-33(45)47-6/h18-21,23-25,27H,7,10-11,14-17H2,1-6H3,(H,34,36)(H,35,37)(H,38,44)(H,39,45)/t23-,24?,25-,27?/m0/s1. The summed E-state index contributed by atoms with van der Waals surface area (Å²) >= 11 is 0. The highest BCUT2D eigenvalue weighted by Crippen LogP contribution is 2.33. The van der Waals surface area contributed by atoms with Crippen molar-refractivity contribution >= 4 is 29.8 Å². The van der Waals surface area contributed by atoms with E-state index in [1.807, 2.05) is 32.6 Å². The molecule has 4 heterocycles. The second-order valence-electron chi connectivity index (χ2n) is 12.2. The maximum absolute atomic E-state index is 13.6. The van der Waals surface area contributed by atoms with Gasteiger partial charge in [0, 0.05) is 13.1 Å². The number of carbonyl (C=O) groups excluding carboxylic acids is 4. The molecular formula is C33H44N8O6. The summed E-state index contributed by atoms with van der Waals surface area (Å²) in [4.78, 5) is 69.1. The van der Waals surface area contributed by atoms with Crippen molar-refractivity contribution in [3.8, 4) is 23.7 Å².